The van der Waals surface area contributed by atoms with Crippen molar-refractivity contribution < 1.29 is 9.59 Å². The molecule has 2 amide bonds. The van der Waals surface area contributed by atoms with Gasteiger partial charge in [0.15, 0.2) is 5.13 Å². The van der Waals surface area contributed by atoms with Gasteiger partial charge in [-0.05, 0) is 23.3 Å². The molecule has 1 aliphatic heterocycles. The highest BCUT2D eigenvalue weighted by Crippen LogP contribution is 2.28. The summed E-state index contributed by atoms with van der Waals surface area (Å²) in [6, 6.07) is 14.1. The molecule has 2 heterocycles. The number of thiazole rings is 1. The molecule has 4 rings (SSSR count). The van der Waals surface area contributed by atoms with E-state index in [9.17, 15) is 9.59 Å². The minimum Gasteiger partial charge on any atom is -0.322 e. The predicted molar refractivity (Wildman–Crippen MR) is 106 cm³/mol. The summed E-state index contributed by atoms with van der Waals surface area (Å²) in [4.78, 5) is 31.8. The van der Waals surface area contributed by atoms with Crippen LogP contribution in [0, 0.1) is 0 Å². The first kappa shape index (κ1) is 17.7. The largest absolute Gasteiger partial charge is 0.322 e. The number of amides is 2. The fraction of sp³-hybridized carbons (Fsp3) is 0.150. The first-order valence-electron chi connectivity index (χ1n) is 8.46. The summed E-state index contributed by atoms with van der Waals surface area (Å²) in [5.74, 6) is -0.505. The van der Waals surface area contributed by atoms with Gasteiger partial charge in [-0.25, -0.2) is 4.98 Å². The Morgan fingerprint density at radius 3 is 2.59 bits per heavy atom. The van der Waals surface area contributed by atoms with E-state index in [2.05, 4.69) is 10.3 Å². The molecule has 1 aliphatic rings. The summed E-state index contributed by atoms with van der Waals surface area (Å²) in [6.07, 6.45) is 2.08. The Morgan fingerprint density at radius 1 is 1.11 bits per heavy atom. The van der Waals surface area contributed by atoms with Crippen LogP contribution in [0.2, 0.25) is 5.02 Å². The van der Waals surface area contributed by atoms with E-state index in [0.29, 0.717) is 28.7 Å². The van der Waals surface area contributed by atoms with Crippen LogP contribution < -0.4 is 5.32 Å². The second-order valence-corrected chi connectivity index (χ2v) is 7.53. The van der Waals surface area contributed by atoms with Gasteiger partial charge in [-0.15, -0.1) is 11.3 Å². The Kier molecular flexibility index (Phi) is 4.92. The molecule has 1 aromatic heterocycles. The molecule has 0 saturated carbocycles. The van der Waals surface area contributed by atoms with Crippen molar-refractivity contribution in [3.8, 4) is 0 Å². The molecule has 0 spiro atoms. The number of halogens is 1. The van der Waals surface area contributed by atoms with E-state index in [0.717, 1.165) is 11.1 Å². The van der Waals surface area contributed by atoms with Crippen LogP contribution in [-0.2, 0) is 17.8 Å². The van der Waals surface area contributed by atoms with Crippen molar-refractivity contribution in [2.75, 3.05) is 5.32 Å². The Hall–Kier alpha value is -2.70. The third kappa shape index (κ3) is 3.59. The summed E-state index contributed by atoms with van der Waals surface area (Å²) in [6.45, 7) is 0.357. The van der Waals surface area contributed by atoms with E-state index in [-0.39, 0.29) is 11.8 Å². The van der Waals surface area contributed by atoms with Gasteiger partial charge in [-0.3, -0.25) is 9.59 Å². The Morgan fingerprint density at radius 2 is 1.85 bits per heavy atom. The van der Waals surface area contributed by atoms with Crippen LogP contribution in [-0.4, -0.2) is 27.7 Å². The van der Waals surface area contributed by atoms with Crippen molar-refractivity contribution >= 4 is 39.9 Å². The fourth-order valence-corrected chi connectivity index (χ4v) is 3.98. The first-order valence-corrected chi connectivity index (χ1v) is 9.72. The Balaban J connectivity index is 1.68. The van der Waals surface area contributed by atoms with Gasteiger partial charge in [-0.1, -0.05) is 48.0 Å². The number of nitrogens with one attached hydrogen (secondary N) is 1. The van der Waals surface area contributed by atoms with Crippen molar-refractivity contribution in [3.63, 3.8) is 0 Å². The van der Waals surface area contributed by atoms with Gasteiger partial charge in [0.1, 0.15) is 6.04 Å². The SMILES string of the molecule is O=C(Nc1nccs1)C1Cc2ccccc2CN1C(=O)c1ccccc1Cl. The number of hydrogen-bond donors (Lipinski definition) is 1. The van der Waals surface area contributed by atoms with Crippen molar-refractivity contribution in [1.82, 2.24) is 9.88 Å². The molecule has 0 radical (unpaired) electrons. The smallest absolute Gasteiger partial charge is 0.256 e. The third-order valence-corrected chi connectivity index (χ3v) is 5.60. The van der Waals surface area contributed by atoms with Gasteiger partial charge in [0, 0.05) is 24.5 Å². The molecule has 1 N–H and O–H groups in total. The predicted octanol–water partition coefficient (Wildman–Crippen LogP) is 4.00. The summed E-state index contributed by atoms with van der Waals surface area (Å²) >= 11 is 7.57. The number of hydrogen-bond acceptors (Lipinski definition) is 4. The van der Waals surface area contributed by atoms with E-state index < -0.39 is 6.04 Å². The highest BCUT2D eigenvalue weighted by atomic mass is 35.5. The van der Waals surface area contributed by atoms with Crippen molar-refractivity contribution in [2.24, 2.45) is 0 Å². The van der Waals surface area contributed by atoms with Crippen LogP contribution in [0.3, 0.4) is 0 Å². The van der Waals surface area contributed by atoms with E-state index in [1.54, 1.807) is 40.7 Å². The van der Waals surface area contributed by atoms with Gasteiger partial charge >= 0.3 is 0 Å². The molecular formula is C20H16ClN3O2S. The molecule has 1 unspecified atom stereocenters. The van der Waals surface area contributed by atoms with Crippen LogP contribution in [0.1, 0.15) is 21.5 Å². The van der Waals surface area contributed by atoms with Crippen LogP contribution >= 0.6 is 22.9 Å². The van der Waals surface area contributed by atoms with Gasteiger partial charge in [0.25, 0.3) is 5.91 Å². The second-order valence-electron chi connectivity index (χ2n) is 6.23. The molecule has 3 aromatic rings. The van der Waals surface area contributed by atoms with Gasteiger partial charge < -0.3 is 10.2 Å². The fourth-order valence-electron chi connectivity index (χ4n) is 3.23. The maximum atomic E-state index is 13.2. The van der Waals surface area contributed by atoms with Crippen LogP contribution in [0.15, 0.2) is 60.1 Å². The van der Waals surface area contributed by atoms with Gasteiger partial charge in [0.05, 0.1) is 10.6 Å². The maximum absolute atomic E-state index is 13.2. The summed E-state index contributed by atoms with van der Waals surface area (Å²) in [5, 5.41) is 5.50. The zero-order chi connectivity index (χ0) is 18.8. The number of carbonyl (C=O) groups excluding carboxylic acids is 2. The number of fused-ring (bicyclic) bond motifs is 1. The van der Waals surface area contributed by atoms with Crippen LogP contribution in [0.25, 0.3) is 0 Å². The highest BCUT2D eigenvalue weighted by molar-refractivity contribution is 7.13. The second kappa shape index (κ2) is 7.50. The van der Waals surface area contributed by atoms with E-state index in [4.69, 9.17) is 11.6 Å². The number of carbonyl (C=O) groups is 2. The lowest BCUT2D eigenvalue weighted by molar-refractivity contribution is -0.121. The standard InChI is InChI=1S/C20H16ClN3O2S/c21-16-8-4-3-7-15(16)19(26)24-12-14-6-2-1-5-13(14)11-17(24)18(25)23-20-22-9-10-27-20/h1-10,17H,11-12H2,(H,22,23,25). The minimum atomic E-state index is -0.632. The number of rotatable bonds is 3. The molecule has 7 heteroatoms. The van der Waals surface area contributed by atoms with Gasteiger partial charge in [-0.2, -0.15) is 0 Å². The molecule has 27 heavy (non-hydrogen) atoms. The summed E-state index contributed by atoms with van der Waals surface area (Å²) in [7, 11) is 0. The van der Waals surface area contributed by atoms with Gasteiger partial charge in [0.2, 0.25) is 5.91 Å². The third-order valence-electron chi connectivity index (χ3n) is 4.58. The molecule has 0 aliphatic carbocycles. The zero-order valence-electron chi connectivity index (χ0n) is 14.3. The maximum Gasteiger partial charge on any atom is 0.256 e. The zero-order valence-corrected chi connectivity index (χ0v) is 15.8. The highest BCUT2D eigenvalue weighted by Gasteiger charge is 2.35. The Labute approximate surface area is 165 Å². The number of nitrogens with zero attached hydrogens (tertiary/aromatic N) is 2. The van der Waals surface area contributed by atoms with E-state index >= 15 is 0 Å². The number of benzene rings is 2. The molecule has 136 valence electrons. The molecular weight excluding hydrogens is 382 g/mol. The van der Waals surface area contributed by atoms with Crippen molar-refractivity contribution in [3.05, 3.63) is 81.8 Å². The van der Waals surface area contributed by atoms with Crippen LogP contribution in [0.4, 0.5) is 5.13 Å². The monoisotopic (exact) mass is 397 g/mol. The molecule has 5 nitrogen and oxygen atoms in total. The first-order chi connectivity index (χ1) is 13.1. The number of aromatic nitrogens is 1. The summed E-state index contributed by atoms with van der Waals surface area (Å²) in [5.41, 5.74) is 2.50. The quantitative estimate of drug-likeness (QED) is 0.726. The molecule has 1 atom stereocenters. The normalized spacial score (nSPS) is 15.9. The van der Waals surface area contributed by atoms with Crippen LogP contribution in [0.5, 0.6) is 0 Å². The molecule has 0 saturated heterocycles. The lowest BCUT2D eigenvalue weighted by Gasteiger charge is -2.36. The van der Waals surface area contributed by atoms with E-state index in [1.807, 2.05) is 24.3 Å². The summed E-state index contributed by atoms with van der Waals surface area (Å²) < 4.78 is 0. The lowest BCUT2D eigenvalue weighted by atomic mass is 9.93. The minimum absolute atomic E-state index is 0.250. The lowest BCUT2D eigenvalue weighted by Crippen LogP contribution is -2.50. The molecule has 2 aromatic carbocycles. The Bertz CT molecular complexity index is 990. The topological polar surface area (TPSA) is 62.3 Å². The molecule has 0 fully saturated rings. The van der Waals surface area contributed by atoms with E-state index in [1.165, 1.54) is 11.3 Å². The van der Waals surface area contributed by atoms with Crippen molar-refractivity contribution in [1.29, 1.82) is 0 Å². The average molecular weight is 398 g/mol. The average Bonchev–Trinajstić information content (AvgIpc) is 3.20. The number of anilines is 1. The van der Waals surface area contributed by atoms with Crippen molar-refractivity contribution in [2.45, 2.75) is 19.0 Å². The molecule has 0 bridgehead atoms.